The van der Waals surface area contributed by atoms with Gasteiger partial charge in [0.05, 0.1) is 4.90 Å². The van der Waals surface area contributed by atoms with E-state index in [2.05, 4.69) is 4.98 Å². The standard InChI is InChI=1S/C13H17N3O2S2/c1-2-16(10-11-3-6-15-7-4-11)20(17,18)13-5-8-19-12(13)9-14/h3-8H,2,9-10,14H2,1H3. The number of hydrogen-bond acceptors (Lipinski definition) is 5. The number of nitrogens with two attached hydrogens (primary N) is 1. The maximum Gasteiger partial charge on any atom is 0.244 e. The van der Waals surface area contributed by atoms with Gasteiger partial charge in [-0.1, -0.05) is 6.92 Å². The minimum atomic E-state index is -3.51. The third kappa shape index (κ3) is 3.06. The van der Waals surface area contributed by atoms with E-state index in [1.54, 1.807) is 23.8 Å². The van der Waals surface area contributed by atoms with E-state index in [9.17, 15) is 8.42 Å². The number of nitrogens with zero attached hydrogens (tertiary/aromatic N) is 2. The van der Waals surface area contributed by atoms with Gasteiger partial charge in [-0.3, -0.25) is 4.98 Å². The maximum atomic E-state index is 12.7. The zero-order valence-corrected chi connectivity index (χ0v) is 12.8. The van der Waals surface area contributed by atoms with Gasteiger partial charge < -0.3 is 5.73 Å². The lowest BCUT2D eigenvalue weighted by Gasteiger charge is -2.20. The summed E-state index contributed by atoms with van der Waals surface area (Å²) in [6, 6.07) is 5.25. The molecule has 108 valence electrons. The lowest BCUT2D eigenvalue weighted by atomic mass is 10.3. The molecule has 2 aromatic rings. The minimum Gasteiger partial charge on any atom is -0.326 e. The second-order valence-corrected chi connectivity index (χ2v) is 7.11. The van der Waals surface area contributed by atoms with E-state index in [4.69, 9.17) is 5.73 Å². The Kier molecular flexibility index (Phi) is 4.87. The smallest absolute Gasteiger partial charge is 0.244 e. The minimum absolute atomic E-state index is 0.235. The Labute approximate surface area is 123 Å². The second kappa shape index (κ2) is 6.45. The predicted molar refractivity (Wildman–Crippen MR) is 79.7 cm³/mol. The maximum absolute atomic E-state index is 12.7. The Balaban J connectivity index is 2.31. The number of thiophene rings is 1. The van der Waals surface area contributed by atoms with Gasteiger partial charge >= 0.3 is 0 Å². The van der Waals surface area contributed by atoms with Gasteiger partial charge in [-0.15, -0.1) is 11.3 Å². The molecule has 0 saturated heterocycles. The van der Waals surface area contributed by atoms with Crippen LogP contribution in [0.15, 0.2) is 40.9 Å². The zero-order valence-electron chi connectivity index (χ0n) is 11.2. The summed E-state index contributed by atoms with van der Waals surface area (Å²) < 4.78 is 26.8. The van der Waals surface area contributed by atoms with Gasteiger partial charge in [0.15, 0.2) is 0 Å². The average molecular weight is 311 g/mol. The predicted octanol–water partition coefficient (Wildman–Crippen LogP) is 1.81. The molecular weight excluding hydrogens is 294 g/mol. The van der Waals surface area contributed by atoms with E-state index < -0.39 is 10.0 Å². The highest BCUT2D eigenvalue weighted by Gasteiger charge is 2.26. The van der Waals surface area contributed by atoms with Gasteiger partial charge in [0.25, 0.3) is 0 Å². The van der Waals surface area contributed by atoms with Crippen molar-refractivity contribution in [2.24, 2.45) is 5.73 Å². The molecule has 20 heavy (non-hydrogen) atoms. The molecule has 0 spiro atoms. The van der Waals surface area contributed by atoms with Crippen LogP contribution in [0.1, 0.15) is 17.4 Å². The Morgan fingerprint density at radius 1 is 1.30 bits per heavy atom. The van der Waals surface area contributed by atoms with Crippen LogP contribution in [-0.2, 0) is 23.1 Å². The first-order valence-electron chi connectivity index (χ1n) is 6.25. The molecule has 2 N–H and O–H groups in total. The van der Waals surface area contributed by atoms with Gasteiger partial charge in [0.2, 0.25) is 10.0 Å². The fourth-order valence-electron chi connectivity index (χ4n) is 1.91. The van der Waals surface area contributed by atoms with Crippen molar-refractivity contribution in [3.63, 3.8) is 0 Å². The molecule has 0 atom stereocenters. The number of hydrogen-bond donors (Lipinski definition) is 1. The van der Waals surface area contributed by atoms with Crippen LogP contribution in [0.25, 0.3) is 0 Å². The number of rotatable bonds is 6. The van der Waals surface area contributed by atoms with Crippen molar-refractivity contribution in [2.45, 2.75) is 24.9 Å². The largest absolute Gasteiger partial charge is 0.326 e. The fourth-order valence-corrected chi connectivity index (χ4v) is 4.65. The molecule has 0 amide bonds. The van der Waals surface area contributed by atoms with Gasteiger partial charge in [-0.2, -0.15) is 4.31 Å². The molecule has 2 aromatic heterocycles. The molecule has 0 saturated carbocycles. The van der Waals surface area contributed by atoms with E-state index in [-0.39, 0.29) is 6.54 Å². The first-order chi connectivity index (χ1) is 9.59. The summed E-state index contributed by atoms with van der Waals surface area (Å²) in [4.78, 5) is 4.95. The monoisotopic (exact) mass is 311 g/mol. The quantitative estimate of drug-likeness (QED) is 0.883. The fraction of sp³-hybridized carbons (Fsp3) is 0.308. The normalized spacial score (nSPS) is 11.9. The van der Waals surface area contributed by atoms with Crippen LogP contribution in [0.3, 0.4) is 0 Å². The van der Waals surface area contributed by atoms with Crippen molar-refractivity contribution in [1.82, 2.24) is 9.29 Å². The topological polar surface area (TPSA) is 76.3 Å². The highest BCUT2D eigenvalue weighted by atomic mass is 32.2. The molecule has 5 nitrogen and oxygen atoms in total. The Hall–Kier alpha value is -1.28. The second-order valence-electron chi connectivity index (χ2n) is 4.20. The van der Waals surface area contributed by atoms with Gasteiger partial charge in [0, 0.05) is 36.9 Å². The molecule has 0 unspecified atom stereocenters. The summed E-state index contributed by atoms with van der Waals surface area (Å²) in [5.74, 6) is 0. The SMILES string of the molecule is CCN(Cc1ccncc1)S(=O)(=O)c1ccsc1CN. The van der Waals surface area contributed by atoms with E-state index >= 15 is 0 Å². The number of sulfonamides is 1. The van der Waals surface area contributed by atoms with Crippen LogP contribution in [-0.4, -0.2) is 24.3 Å². The van der Waals surface area contributed by atoms with E-state index in [0.29, 0.717) is 22.9 Å². The highest BCUT2D eigenvalue weighted by molar-refractivity contribution is 7.89. The summed E-state index contributed by atoms with van der Waals surface area (Å²) in [6.45, 7) is 2.80. The molecule has 0 aliphatic carbocycles. The Bertz CT molecular complexity index is 653. The molecule has 0 aliphatic heterocycles. The Morgan fingerprint density at radius 2 is 2.00 bits per heavy atom. The molecule has 2 rings (SSSR count). The Morgan fingerprint density at radius 3 is 2.60 bits per heavy atom. The molecule has 7 heteroatoms. The van der Waals surface area contributed by atoms with E-state index in [0.717, 1.165) is 5.56 Å². The number of aromatic nitrogens is 1. The summed E-state index contributed by atoms with van der Waals surface area (Å²) in [7, 11) is -3.51. The molecule has 0 radical (unpaired) electrons. The first-order valence-corrected chi connectivity index (χ1v) is 8.57. The van der Waals surface area contributed by atoms with Gasteiger partial charge in [-0.05, 0) is 29.1 Å². The average Bonchev–Trinajstić information content (AvgIpc) is 2.95. The molecule has 2 heterocycles. The lowest BCUT2D eigenvalue weighted by molar-refractivity contribution is 0.423. The van der Waals surface area contributed by atoms with E-state index in [1.807, 2.05) is 19.1 Å². The lowest BCUT2D eigenvalue weighted by Crippen LogP contribution is -2.31. The zero-order chi connectivity index (χ0) is 14.6. The highest BCUT2D eigenvalue weighted by Crippen LogP contribution is 2.25. The molecule has 0 bridgehead atoms. The summed E-state index contributed by atoms with van der Waals surface area (Å²) in [5.41, 5.74) is 6.52. The third-order valence-corrected chi connectivity index (χ3v) is 6.05. The van der Waals surface area contributed by atoms with E-state index in [1.165, 1.54) is 15.6 Å². The number of pyridine rings is 1. The van der Waals surface area contributed by atoms with Crippen molar-refractivity contribution in [2.75, 3.05) is 6.54 Å². The van der Waals surface area contributed by atoms with Crippen LogP contribution < -0.4 is 5.73 Å². The summed E-state index contributed by atoms with van der Waals surface area (Å²) in [6.07, 6.45) is 3.32. The summed E-state index contributed by atoms with van der Waals surface area (Å²) >= 11 is 1.37. The van der Waals surface area contributed by atoms with Crippen molar-refractivity contribution in [1.29, 1.82) is 0 Å². The van der Waals surface area contributed by atoms with Crippen molar-refractivity contribution < 1.29 is 8.42 Å². The van der Waals surface area contributed by atoms with Crippen LogP contribution in [0.4, 0.5) is 0 Å². The molecule has 0 aromatic carbocycles. The summed E-state index contributed by atoms with van der Waals surface area (Å²) in [5, 5.41) is 1.76. The molecule has 0 fully saturated rings. The van der Waals surface area contributed by atoms with Crippen LogP contribution in [0, 0.1) is 0 Å². The molecular formula is C13H17N3O2S2. The van der Waals surface area contributed by atoms with Gasteiger partial charge in [0.1, 0.15) is 0 Å². The van der Waals surface area contributed by atoms with Crippen LogP contribution in [0.2, 0.25) is 0 Å². The van der Waals surface area contributed by atoms with Crippen molar-refractivity contribution in [3.05, 3.63) is 46.4 Å². The van der Waals surface area contributed by atoms with Crippen molar-refractivity contribution >= 4 is 21.4 Å². The molecule has 0 aliphatic rings. The van der Waals surface area contributed by atoms with Crippen LogP contribution in [0.5, 0.6) is 0 Å². The third-order valence-electron chi connectivity index (χ3n) is 2.97. The first kappa shape index (κ1) is 15.1. The van der Waals surface area contributed by atoms with Crippen molar-refractivity contribution in [3.8, 4) is 0 Å². The van der Waals surface area contributed by atoms with Gasteiger partial charge in [-0.25, -0.2) is 8.42 Å². The van der Waals surface area contributed by atoms with Crippen LogP contribution >= 0.6 is 11.3 Å².